The van der Waals surface area contributed by atoms with Crippen molar-refractivity contribution in [2.45, 2.75) is 70.6 Å². The zero-order chi connectivity index (χ0) is 41.7. The van der Waals surface area contributed by atoms with Crippen LogP contribution < -0.4 is 4.90 Å². The van der Waals surface area contributed by atoms with E-state index in [4.69, 9.17) is 0 Å². The van der Waals surface area contributed by atoms with Gasteiger partial charge in [-0.2, -0.15) is 0 Å². The lowest BCUT2D eigenvalue weighted by Crippen LogP contribution is -2.33. The molecule has 2 heteroatoms. The van der Waals surface area contributed by atoms with Crippen LogP contribution in [0.5, 0.6) is 0 Å². The zero-order valence-electron chi connectivity index (χ0n) is 36.1. The van der Waals surface area contributed by atoms with Crippen LogP contribution in [0.3, 0.4) is 0 Å². The fourth-order valence-corrected chi connectivity index (χ4v) is 10.7. The Kier molecular flexibility index (Phi) is 8.39. The van der Waals surface area contributed by atoms with E-state index in [0.717, 1.165) is 17.1 Å². The van der Waals surface area contributed by atoms with Gasteiger partial charge in [-0.1, -0.05) is 163 Å². The number of rotatable bonds is 6. The maximum absolute atomic E-state index is 2.49. The first-order chi connectivity index (χ1) is 29.5. The molecule has 0 spiro atoms. The van der Waals surface area contributed by atoms with Crippen molar-refractivity contribution in [3.63, 3.8) is 0 Å². The lowest BCUT2D eigenvalue weighted by molar-refractivity contribution is 0.332. The van der Waals surface area contributed by atoms with Crippen LogP contribution >= 0.6 is 0 Å². The van der Waals surface area contributed by atoms with Gasteiger partial charge in [0.2, 0.25) is 0 Å². The average Bonchev–Trinajstić information content (AvgIpc) is 3.74. The van der Waals surface area contributed by atoms with Gasteiger partial charge in [0.1, 0.15) is 0 Å². The number of aromatic nitrogens is 1. The highest BCUT2D eigenvalue weighted by Crippen LogP contribution is 2.54. The number of hydrogen-bond donors (Lipinski definition) is 0. The van der Waals surface area contributed by atoms with Crippen molar-refractivity contribution >= 4 is 38.9 Å². The van der Waals surface area contributed by atoms with Crippen molar-refractivity contribution in [2.24, 2.45) is 0 Å². The van der Waals surface area contributed by atoms with Gasteiger partial charge in [-0.05, 0) is 134 Å². The zero-order valence-corrected chi connectivity index (χ0v) is 36.1. The minimum Gasteiger partial charge on any atom is -0.310 e. The summed E-state index contributed by atoms with van der Waals surface area (Å²) in [6.45, 7) is 14.4. The molecule has 1 heterocycles. The first kappa shape index (κ1) is 37.4. The molecule has 11 rings (SSSR count). The lowest BCUT2D eigenvalue weighted by Gasteiger charge is -2.42. The Morgan fingerprint density at radius 2 is 0.951 bits per heavy atom. The Morgan fingerprint density at radius 1 is 0.393 bits per heavy atom. The highest BCUT2D eigenvalue weighted by atomic mass is 15.1. The molecule has 0 N–H and O–H groups in total. The third-order valence-corrected chi connectivity index (χ3v) is 14.3. The summed E-state index contributed by atoms with van der Waals surface area (Å²) in [7, 11) is 0. The molecule has 8 aromatic carbocycles. The second-order valence-corrected chi connectivity index (χ2v) is 19.2. The highest BCUT2D eigenvalue weighted by Gasteiger charge is 2.38. The third kappa shape index (κ3) is 5.91. The monoisotopic (exact) mass is 788 g/mol. The van der Waals surface area contributed by atoms with E-state index in [9.17, 15) is 0 Å². The van der Waals surface area contributed by atoms with Gasteiger partial charge in [0.15, 0.2) is 0 Å². The fourth-order valence-electron chi connectivity index (χ4n) is 10.7. The molecule has 9 aromatic rings. The van der Waals surface area contributed by atoms with Crippen molar-refractivity contribution in [3.05, 3.63) is 204 Å². The van der Waals surface area contributed by atoms with E-state index in [0.29, 0.717) is 0 Å². The molecule has 0 bridgehead atoms. The molecule has 0 saturated carbocycles. The quantitative estimate of drug-likeness (QED) is 0.163. The van der Waals surface area contributed by atoms with Crippen LogP contribution in [0.15, 0.2) is 182 Å². The molecular weight excluding hydrogens is 737 g/mol. The molecule has 2 aliphatic rings. The van der Waals surface area contributed by atoms with Gasteiger partial charge in [0.05, 0.1) is 16.7 Å². The van der Waals surface area contributed by atoms with Crippen molar-refractivity contribution in [2.75, 3.05) is 4.90 Å². The largest absolute Gasteiger partial charge is 0.310 e. The molecule has 2 nitrogen and oxygen atoms in total. The predicted molar refractivity (Wildman–Crippen MR) is 259 cm³/mol. The van der Waals surface area contributed by atoms with Gasteiger partial charge >= 0.3 is 0 Å². The Labute approximate surface area is 360 Å². The third-order valence-electron chi connectivity index (χ3n) is 14.3. The van der Waals surface area contributed by atoms with Gasteiger partial charge < -0.3 is 9.47 Å². The number of hydrogen-bond acceptors (Lipinski definition) is 1. The SMILES string of the molecule is CC1(C)CCC(C)(C)c2cc(-c3ccc(-c4cc5c(cc4N(c4ccccc4)c4ccc(-n6c7ccccc7c7ccccc76)cc4)C(C)(C)c4ccccc4-5)cc3)ccc21. The second kappa shape index (κ2) is 13.7. The maximum atomic E-state index is 2.49. The molecular formula is C59H52N2. The van der Waals surface area contributed by atoms with Gasteiger partial charge in [0.25, 0.3) is 0 Å². The number of fused-ring (bicyclic) bond motifs is 7. The molecule has 61 heavy (non-hydrogen) atoms. The van der Waals surface area contributed by atoms with Crippen molar-refractivity contribution < 1.29 is 0 Å². The smallest absolute Gasteiger partial charge is 0.0543 e. The average molecular weight is 789 g/mol. The maximum Gasteiger partial charge on any atom is 0.0543 e. The normalized spacial score (nSPS) is 15.6. The number of anilines is 3. The van der Waals surface area contributed by atoms with E-state index >= 15 is 0 Å². The molecule has 0 radical (unpaired) electrons. The van der Waals surface area contributed by atoms with Crippen molar-refractivity contribution in [1.29, 1.82) is 0 Å². The Balaban J connectivity index is 1.08. The van der Waals surface area contributed by atoms with E-state index in [1.807, 2.05) is 0 Å². The van der Waals surface area contributed by atoms with Crippen LogP contribution in [-0.4, -0.2) is 4.57 Å². The molecule has 0 saturated heterocycles. The summed E-state index contributed by atoms with van der Waals surface area (Å²) in [5.74, 6) is 0. The van der Waals surface area contributed by atoms with Gasteiger partial charge in [0, 0.05) is 38.8 Å². The van der Waals surface area contributed by atoms with Gasteiger partial charge in [-0.15, -0.1) is 0 Å². The van der Waals surface area contributed by atoms with Crippen LogP contribution in [0, 0.1) is 0 Å². The van der Waals surface area contributed by atoms with E-state index < -0.39 is 0 Å². The number of nitrogens with zero attached hydrogens (tertiary/aromatic N) is 2. The molecule has 0 atom stereocenters. The minimum atomic E-state index is -0.152. The summed E-state index contributed by atoms with van der Waals surface area (Å²) in [5, 5.41) is 2.54. The first-order valence-electron chi connectivity index (χ1n) is 22.0. The molecule has 298 valence electrons. The number of para-hydroxylation sites is 3. The molecule has 1 aromatic heterocycles. The van der Waals surface area contributed by atoms with Crippen LogP contribution in [0.25, 0.3) is 60.9 Å². The van der Waals surface area contributed by atoms with Crippen LogP contribution in [-0.2, 0) is 16.2 Å². The molecule has 0 unspecified atom stereocenters. The molecule has 0 fully saturated rings. The lowest BCUT2D eigenvalue weighted by atomic mass is 9.63. The van der Waals surface area contributed by atoms with Gasteiger partial charge in [-0.25, -0.2) is 0 Å². The van der Waals surface area contributed by atoms with Crippen LogP contribution in [0.2, 0.25) is 0 Å². The van der Waals surface area contributed by atoms with Crippen molar-refractivity contribution in [1.82, 2.24) is 4.57 Å². The van der Waals surface area contributed by atoms with E-state index in [1.54, 1.807) is 0 Å². The number of benzene rings is 8. The highest BCUT2D eigenvalue weighted by molar-refractivity contribution is 6.09. The topological polar surface area (TPSA) is 8.17 Å². The van der Waals surface area contributed by atoms with Crippen molar-refractivity contribution in [3.8, 4) is 39.1 Å². The summed E-state index contributed by atoms with van der Waals surface area (Å²) in [6.07, 6.45) is 2.43. The first-order valence-corrected chi connectivity index (χ1v) is 22.0. The molecule has 0 aliphatic heterocycles. The summed E-state index contributed by atoms with van der Waals surface area (Å²) < 4.78 is 2.40. The molecule has 2 aliphatic carbocycles. The predicted octanol–water partition coefficient (Wildman–Crippen LogP) is 16.2. The van der Waals surface area contributed by atoms with Crippen LogP contribution in [0.1, 0.15) is 76.6 Å². The minimum absolute atomic E-state index is 0.152. The Bertz CT molecular complexity index is 3090. The van der Waals surface area contributed by atoms with E-state index in [2.05, 4.69) is 233 Å². The van der Waals surface area contributed by atoms with E-state index in [1.165, 1.54) is 96.0 Å². The summed E-state index contributed by atoms with van der Waals surface area (Å²) in [6, 6.07) is 68.0. The van der Waals surface area contributed by atoms with Gasteiger partial charge in [-0.3, -0.25) is 0 Å². The van der Waals surface area contributed by atoms with Crippen LogP contribution in [0.4, 0.5) is 17.1 Å². The fraction of sp³-hybridized carbons (Fsp3) is 0.186. The standard InChI is InChI=1S/C59H52N2/c1-57(2)34-35-58(3,4)53-36-41(28-33-51(53)57)39-24-26-40(27-25-39)48-37-49-45-18-10-13-21-50(45)59(5,6)52(49)38-56(48)60(42-16-8-7-9-17-42)43-29-31-44(32-30-43)61-54-22-14-11-19-46(54)47-20-12-15-23-55(47)61/h7-33,36-38H,34-35H2,1-6H3. The second-order valence-electron chi connectivity index (χ2n) is 19.2. The Hall–Kier alpha value is -6.64. The summed E-state index contributed by atoms with van der Waals surface area (Å²) in [5.41, 5.74) is 20.5. The Morgan fingerprint density at radius 3 is 1.64 bits per heavy atom. The van der Waals surface area contributed by atoms with E-state index in [-0.39, 0.29) is 16.2 Å². The summed E-state index contributed by atoms with van der Waals surface area (Å²) in [4.78, 5) is 2.46. The molecule has 0 amide bonds. The summed E-state index contributed by atoms with van der Waals surface area (Å²) >= 11 is 0.